The van der Waals surface area contributed by atoms with Crippen LogP contribution in [0.15, 0.2) is 77.3 Å². The first-order chi connectivity index (χ1) is 14.2. The number of aromatic nitrogens is 2. The second-order valence-electron chi connectivity index (χ2n) is 6.13. The Bertz CT molecular complexity index is 1160. The summed E-state index contributed by atoms with van der Waals surface area (Å²) in [6.07, 6.45) is 0. The van der Waals surface area contributed by atoms with Crippen molar-refractivity contribution in [3.63, 3.8) is 0 Å². The Hall–Kier alpha value is -4.00. The third-order valence-electron chi connectivity index (χ3n) is 4.29. The summed E-state index contributed by atoms with van der Waals surface area (Å²) in [6.45, 7) is 0. The predicted octanol–water partition coefficient (Wildman–Crippen LogP) is 4.80. The molecule has 0 spiro atoms. The summed E-state index contributed by atoms with van der Waals surface area (Å²) in [5, 5.41) is 6.78. The molecule has 0 saturated heterocycles. The lowest BCUT2D eigenvalue weighted by Gasteiger charge is -2.11. The molecule has 29 heavy (non-hydrogen) atoms. The van der Waals surface area contributed by atoms with E-state index in [1.165, 1.54) is 19.2 Å². The molecule has 4 aromatic rings. The lowest BCUT2D eigenvalue weighted by Crippen LogP contribution is -2.13. The molecule has 1 heterocycles. The van der Waals surface area contributed by atoms with Crippen molar-refractivity contribution in [2.75, 3.05) is 12.4 Å². The summed E-state index contributed by atoms with van der Waals surface area (Å²) in [7, 11) is 1.54. The maximum Gasteiger partial charge on any atom is 0.259 e. The molecule has 144 valence electrons. The van der Waals surface area contributed by atoms with E-state index in [9.17, 15) is 9.18 Å². The molecule has 0 aliphatic heterocycles. The summed E-state index contributed by atoms with van der Waals surface area (Å²) in [5.41, 5.74) is 2.01. The van der Waals surface area contributed by atoms with Crippen molar-refractivity contribution >= 4 is 11.6 Å². The first-order valence-corrected chi connectivity index (χ1v) is 8.79. The largest absolute Gasteiger partial charge is 0.495 e. The molecule has 1 amide bonds. The smallest absolute Gasteiger partial charge is 0.259 e. The molecule has 0 fully saturated rings. The first-order valence-electron chi connectivity index (χ1n) is 8.79. The molecule has 1 aromatic heterocycles. The van der Waals surface area contributed by atoms with Gasteiger partial charge in [-0.2, -0.15) is 4.98 Å². The van der Waals surface area contributed by atoms with Gasteiger partial charge in [-0.15, -0.1) is 0 Å². The molecule has 0 saturated carbocycles. The van der Waals surface area contributed by atoms with Crippen molar-refractivity contribution in [3.05, 3.63) is 84.2 Å². The highest BCUT2D eigenvalue weighted by molar-refractivity contribution is 6.08. The maximum atomic E-state index is 13.1. The van der Waals surface area contributed by atoms with Crippen LogP contribution in [0, 0.1) is 5.82 Å². The molecule has 0 bridgehead atoms. The van der Waals surface area contributed by atoms with Gasteiger partial charge in [-0.05, 0) is 48.5 Å². The van der Waals surface area contributed by atoms with E-state index in [1.54, 1.807) is 54.6 Å². The third kappa shape index (κ3) is 3.84. The molecule has 0 radical (unpaired) electrons. The number of rotatable bonds is 5. The lowest BCUT2D eigenvalue weighted by atomic mass is 10.1. The van der Waals surface area contributed by atoms with Crippen LogP contribution in [0.5, 0.6) is 5.75 Å². The van der Waals surface area contributed by atoms with Gasteiger partial charge in [0.25, 0.3) is 11.8 Å². The lowest BCUT2D eigenvalue weighted by molar-refractivity contribution is 0.102. The minimum Gasteiger partial charge on any atom is -0.495 e. The van der Waals surface area contributed by atoms with Crippen LogP contribution in [0.2, 0.25) is 0 Å². The van der Waals surface area contributed by atoms with E-state index in [1.807, 2.05) is 6.07 Å². The molecular formula is C22H16FN3O3. The number of halogens is 1. The Morgan fingerprint density at radius 1 is 1.00 bits per heavy atom. The number of amides is 1. The quantitative estimate of drug-likeness (QED) is 0.530. The minimum absolute atomic E-state index is 0.190. The van der Waals surface area contributed by atoms with Crippen molar-refractivity contribution in [3.8, 4) is 28.6 Å². The number of nitrogens with zero attached hydrogens (tertiary/aromatic N) is 2. The van der Waals surface area contributed by atoms with Crippen LogP contribution in [0.4, 0.5) is 10.1 Å². The van der Waals surface area contributed by atoms with E-state index in [0.717, 1.165) is 0 Å². The van der Waals surface area contributed by atoms with E-state index in [-0.39, 0.29) is 17.6 Å². The normalized spacial score (nSPS) is 10.6. The molecule has 0 unspecified atom stereocenters. The zero-order valence-electron chi connectivity index (χ0n) is 15.4. The van der Waals surface area contributed by atoms with Gasteiger partial charge in [0.1, 0.15) is 11.6 Å². The molecule has 0 aliphatic carbocycles. The fraction of sp³-hybridized carbons (Fsp3) is 0.0455. The van der Waals surface area contributed by atoms with Crippen LogP contribution >= 0.6 is 0 Å². The molecular weight excluding hydrogens is 373 g/mol. The number of anilines is 1. The Balaban J connectivity index is 1.65. The number of nitrogens with one attached hydrogen (secondary N) is 1. The van der Waals surface area contributed by atoms with Crippen LogP contribution in [-0.2, 0) is 0 Å². The van der Waals surface area contributed by atoms with Crippen molar-refractivity contribution < 1.29 is 18.4 Å². The number of para-hydroxylation sites is 2. The molecule has 3 aromatic carbocycles. The number of hydrogen-bond acceptors (Lipinski definition) is 5. The monoisotopic (exact) mass is 389 g/mol. The molecule has 1 N–H and O–H groups in total. The van der Waals surface area contributed by atoms with Gasteiger partial charge in [0.15, 0.2) is 0 Å². The van der Waals surface area contributed by atoms with Crippen LogP contribution in [0.1, 0.15) is 10.4 Å². The van der Waals surface area contributed by atoms with Crippen molar-refractivity contribution in [1.82, 2.24) is 10.1 Å². The third-order valence-corrected chi connectivity index (χ3v) is 4.29. The number of carbonyl (C=O) groups is 1. The molecule has 7 heteroatoms. The highest BCUT2D eigenvalue weighted by atomic mass is 19.1. The van der Waals surface area contributed by atoms with Crippen molar-refractivity contribution in [2.24, 2.45) is 0 Å². The van der Waals surface area contributed by atoms with Gasteiger partial charge in [0.05, 0.1) is 23.9 Å². The topological polar surface area (TPSA) is 77.2 Å². The number of methoxy groups -OCH3 is 1. The minimum atomic E-state index is -0.351. The van der Waals surface area contributed by atoms with Crippen LogP contribution in [0.3, 0.4) is 0 Å². The van der Waals surface area contributed by atoms with E-state index < -0.39 is 0 Å². The fourth-order valence-corrected chi connectivity index (χ4v) is 2.85. The van der Waals surface area contributed by atoms with Gasteiger partial charge >= 0.3 is 0 Å². The van der Waals surface area contributed by atoms with E-state index >= 15 is 0 Å². The summed E-state index contributed by atoms with van der Waals surface area (Å²) in [5.74, 6) is 0.354. The van der Waals surface area contributed by atoms with Crippen LogP contribution in [0.25, 0.3) is 22.8 Å². The summed E-state index contributed by atoms with van der Waals surface area (Å²) < 4.78 is 23.8. The Morgan fingerprint density at radius 2 is 1.72 bits per heavy atom. The fourth-order valence-electron chi connectivity index (χ4n) is 2.85. The highest BCUT2D eigenvalue weighted by Crippen LogP contribution is 2.28. The van der Waals surface area contributed by atoms with Crippen LogP contribution in [-0.4, -0.2) is 23.2 Å². The average molecular weight is 389 g/mol. The summed E-state index contributed by atoms with van der Waals surface area (Å²) in [4.78, 5) is 17.3. The zero-order valence-corrected chi connectivity index (χ0v) is 15.4. The molecule has 4 rings (SSSR count). The number of carbonyl (C=O) groups excluding carboxylic acids is 1. The van der Waals surface area contributed by atoms with E-state index in [4.69, 9.17) is 9.26 Å². The van der Waals surface area contributed by atoms with Crippen LogP contribution < -0.4 is 10.1 Å². The average Bonchev–Trinajstić information content (AvgIpc) is 3.25. The van der Waals surface area contributed by atoms with Crippen molar-refractivity contribution in [2.45, 2.75) is 0 Å². The SMILES string of the molecule is COc1ccccc1NC(=O)c1ccccc1-c1nc(-c2ccc(F)cc2)no1. The Morgan fingerprint density at radius 3 is 2.52 bits per heavy atom. The standard InChI is InChI=1S/C22H16FN3O3/c1-28-19-9-5-4-8-18(19)24-21(27)16-6-2-3-7-17(16)22-25-20(26-29-22)14-10-12-15(23)13-11-14/h2-13H,1H3,(H,24,27). The van der Waals surface area contributed by atoms with Gasteiger partial charge in [0, 0.05) is 5.56 Å². The molecule has 0 aliphatic rings. The maximum absolute atomic E-state index is 13.1. The van der Waals surface area contributed by atoms with Gasteiger partial charge in [-0.1, -0.05) is 29.4 Å². The summed E-state index contributed by atoms with van der Waals surface area (Å²) >= 11 is 0. The summed E-state index contributed by atoms with van der Waals surface area (Å²) in [6, 6.07) is 19.8. The Kier molecular flexibility index (Phi) is 5.03. The first kappa shape index (κ1) is 18.4. The van der Waals surface area contributed by atoms with Gasteiger partial charge in [-0.3, -0.25) is 4.79 Å². The van der Waals surface area contributed by atoms with Gasteiger partial charge in [0.2, 0.25) is 5.82 Å². The second-order valence-corrected chi connectivity index (χ2v) is 6.13. The predicted molar refractivity (Wildman–Crippen MR) is 106 cm³/mol. The number of benzene rings is 3. The van der Waals surface area contributed by atoms with Gasteiger partial charge < -0.3 is 14.6 Å². The second kappa shape index (κ2) is 7.93. The highest BCUT2D eigenvalue weighted by Gasteiger charge is 2.19. The number of ether oxygens (including phenoxy) is 1. The van der Waals surface area contributed by atoms with Crippen molar-refractivity contribution in [1.29, 1.82) is 0 Å². The Labute approximate surface area is 166 Å². The van der Waals surface area contributed by atoms with Gasteiger partial charge in [-0.25, -0.2) is 4.39 Å². The molecule has 6 nitrogen and oxygen atoms in total. The molecule has 0 atom stereocenters. The number of hydrogen-bond donors (Lipinski definition) is 1. The van der Waals surface area contributed by atoms with E-state index in [0.29, 0.717) is 34.0 Å². The zero-order chi connectivity index (χ0) is 20.2. The van der Waals surface area contributed by atoms with E-state index in [2.05, 4.69) is 15.5 Å².